The third-order valence-electron chi connectivity index (χ3n) is 2.25. The number of halogens is 1. The van der Waals surface area contributed by atoms with Gasteiger partial charge in [0.25, 0.3) is 0 Å². The van der Waals surface area contributed by atoms with Gasteiger partial charge in [0.15, 0.2) is 0 Å². The first kappa shape index (κ1) is 10.6. The summed E-state index contributed by atoms with van der Waals surface area (Å²) in [5, 5.41) is 0.791. The van der Waals surface area contributed by atoms with Crippen molar-refractivity contribution >= 4 is 11.6 Å². The first-order valence-electron chi connectivity index (χ1n) is 4.39. The predicted octanol–water partition coefficient (Wildman–Crippen LogP) is 3.15. The largest absolute Gasteiger partial charge is 0.322 e. The van der Waals surface area contributed by atoms with Gasteiger partial charge in [-0.2, -0.15) is 0 Å². The fourth-order valence-electron chi connectivity index (χ4n) is 1.81. The molecule has 0 unspecified atom stereocenters. The Balaban J connectivity index is 3.43. The van der Waals surface area contributed by atoms with E-state index in [-0.39, 0.29) is 5.54 Å². The highest BCUT2D eigenvalue weighted by atomic mass is 35.5. The third kappa shape index (κ3) is 2.04. The van der Waals surface area contributed by atoms with Crippen LogP contribution in [0.4, 0.5) is 0 Å². The quantitative estimate of drug-likeness (QED) is 0.736. The molecule has 72 valence electrons. The Morgan fingerprint density at radius 2 is 1.77 bits per heavy atom. The molecule has 2 heteroatoms. The number of benzene rings is 1. The molecule has 1 rings (SSSR count). The third-order valence-corrected chi connectivity index (χ3v) is 2.66. The molecule has 13 heavy (non-hydrogen) atoms. The molecule has 0 atom stereocenters. The molecule has 1 aromatic rings. The Hall–Kier alpha value is -0.530. The van der Waals surface area contributed by atoms with Crippen LogP contribution < -0.4 is 5.73 Å². The van der Waals surface area contributed by atoms with E-state index in [0.29, 0.717) is 0 Å². The SMILES string of the molecule is Cc1ccc(Cl)c(C)c1C(C)(C)N. The second kappa shape index (κ2) is 3.32. The Labute approximate surface area is 84.9 Å². The molecular formula is C11H16ClN. The highest BCUT2D eigenvalue weighted by Gasteiger charge is 2.20. The van der Waals surface area contributed by atoms with Gasteiger partial charge in [-0.25, -0.2) is 0 Å². The number of rotatable bonds is 1. The Morgan fingerprint density at radius 3 is 2.15 bits per heavy atom. The van der Waals surface area contributed by atoms with Crippen LogP contribution in [0, 0.1) is 13.8 Å². The molecule has 0 aromatic heterocycles. The topological polar surface area (TPSA) is 26.0 Å². The molecule has 0 spiro atoms. The summed E-state index contributed by atoms with van der Waals surface area (Å²) in [6.07, 6.45) is 0. The van der Waals surface area contributed by atoms with Crippen LogP contribution in [0.1, 0.15) is 30.5 Å². The van der Waals surface area contributed by atoms with Gasteiger partial charge in [0.1, 0.15) is 0 Å². The van der Waals surface area contributed by atoms with Gasteiger partial charge < -0.3 is 5.73 Å². The minimum Gasteiger partial charge on any atom is -0.322 e. The molecule has 1 nitrogen and oxygen atoms in total. The lowest BCUT2D eigenvalue weighted by Crippen LogP contribution is -2.30. The average molecular weight is 198 g/mol. The number of hydrogen-bond donors (Lipinski definition) is 1. The summed E-state index contributed by atoms with van der Waals surface area (Å²) in [6.45, 7) is 8.07. The van der Waals surface area contributed by atoms with Gasteiger partial charge >= 0.3 is 0 Å². The van der Waals surface area contributed by atoms with E-state index in [4.69, 9.17) is 17.3 Å². The lowest BCUT2D eigenvalue weighted by Gasteiger charge is -2.24. The lowest BCUT2D eigenvalue weighted by atomic mass is 9.88. The zero-order chi connectivity index (χ0) is 10.2. The van der Waals surface area contributed by atoms with E-state index in [1.54, 1.807) is 0 Å². The van der Waals surface area contributed by atoms with Crippen LogP contribution in [-0.2, 0) is 5.54 Å². The molecule has 0 saturated heterocycles. The summed E-state index contributed by atoms with van der Waals surface area (Å²) in [5.74, 6) is 0. The normalized spacial score (nSPS) is 11.8. The van der Waals surface area contributed by atoms with Gasteiger partial charge in [-0.05, 0) is 50.5 Å². The predicted molar refractivity (Wildman–Crippen MR) is 58.1 cm³/mol. The summed E-state index contributed by atoms with van der Waals surface area (Å²) in [7, 11) is 0. The van der Waals surface area contributed by atoms with E-state index >= 15 is 0 Å². The molecule has 0 fully saturated rings. The van der Waals surface area contributed by atoms with Crippen molar-refractivity contribution in [2.24, 2.45) is 5.73 Å². The molecule has 0 aliphatic heterocycles. The van der Waals surface area contributed by atoms with Crippen LogP contribution in [0.3, 0.4) is 0 Å². The van der Waals surface area contributed by atoms with Crippen molar-refractivity contribution in [2.45, 2.75) is 33.2 Å². The zero-order valence-corrected chi connectivity index (χ0v) is 9.37. The Kier molecular flexibility index (Phi) is 2.69. The minimum atomic E-state index is -0.320. The summed E-state index contributed by atoms with van der Waals surface area (Å²) >= 11 is 6.04. The zero-order valence-electron chi connectivity index (χ0n) is 8.61. The van der Waals surface area contributed by atoms with Crippen LogP contribution in [0.2, 0.25) is 5.02 Å². The number of hydrogen-bond acceptors (Lipinski definition) is 1. The minimum absolute atomic E-state index is 0.320. The van der Waals surface area contributed by atoms with Gasteiger partial charge in [0.2, 0.25) is 0 Å². The summed E-state index contributed by atoms with van der Waals surface area (Å²) in [4.78, 5) is 0. The van der Waals surface area contributed by atoms with Crippen molar-refractivity contribution < 1.29 is 0 Å². The molecule has 2 N–H and O–H groups in total. The van der Waals surface area contributed by atoms with Crippen LogP contribution in [0.15, 0.2) is 12.1 Å². The van der Waals surface area contributed by atoms with Gasteiger partial charge in [-0.15, -0.1) is 0 Å². The summed E-state index contributed by atoms with van der Waals surface area (Å²) < 4.78 is 0. The highest BCUT2D eigenvalue weighted by molar-refractivity contribution is 6.31. The Morgan fingerprint density at radius 1 is 1.23 bits per heavy atom. The summed E-state index contributed by atoms with van der Waals surface area (Å²) in [6, 6.07) is 3.93. The first-order valence-corrected chi connectivity index (χ1v) is 4.77. The second-order valence-electron chi connectivity index (χ2n) is 4.09. The van der Waals surface area contributed by atoms with Crippen molar-refractivity contribution in [3.8, 4) is 0 Å². The number of nitrogens with two attached hydrogens (primary N) is 1. The maximum atomic E-state index is 6.07. The molecule has 0 amide bonds. The van der Waals surface area contributed by atoms with Crippen molar-refractivity contribution in [3.05, 3.63) is 33.8 Å². The smallest absolute Gasteiger partial charge is 0.0438 e. The average Bonchev–Trinajstić information content (AvgIpc) is 1.95. The van der Waals surface area contributed by atoms with Gasteiger partial charge in [-0.1, -0.05) is 17.7 Å². The molecule has 1 aromatic carbocycles. The van der Waals surface area contributed by atoms with Crippen LogP contribution in [0.25, 0.3) is 0 Å². The summed E-state index contributed by atoms with van der Waals surface area (Å²) in [5.41, 5.74) is 9.20. The maximum absolute atomic E-state index is 6.07. The lowest BCUT2D eigenvalue weighted by molar-refractivity contribution is 0.547. The maximum Gasteiger partial charge on any atom is 0.0438 e. The highest BCUT2D eigenvalue weighted by Crippen LogP contribution is 2.29. The van der Waals surface area contributed by atoms with Gasteiger partial charge in [0.05, 0.1) is 0 Å². The van der Waals surface area contributed by atoms with Crippen LogP contribution in [-0.4, -0.2) is 0 Å². The van der Waals surface area contributed by atoms with E-state index in [0.717, 1.165) is 16.1 Å². The molecule has 0 aliphatic rings. The van der Waals surface area contributed by atoms with Crippen LogP contribution in [0.5, 0.6) is 0 Å². The van der Waals surface area contributed by atoms with E-state index in [9.17, 15) is 0 Å². The molecule has 0 bridgehead atoms. The van der Waals surface area contributed by atoms with Crippen molar-refractivity contribution in [1.82, 2.24) is 0 Å². The Bertz CT molecular complexity index is 324. The number of aryl methyl sites for hydroxylation is 1. The van der Waals surface area contributed by atoms with Crippen molar-refractivity contribution in [3.63, 3.8) is 0 Å². The monoisotopic (exact) mass is 197 g/mol. The molecule has 0 aliphatic carbocycles. The van der Waals surface area contributed by atoms with Crippen molar-refractivity contribution in [1.29, 1.82) is 0 Å². The standard InChI is InChI=1S/C11H16ClN/c1-7-5-6-9(12)8(2)10(7)11(3,4)13/h5-6H,13H2,1-4H3. The first-order chi connectivity index (χ1) is 5.84. The van der Waals surface area contributed by atoms with Crippen molar-refractivity contribution in [2.75, 3.05) is 0 Å². The van der Waals surface area contributed by atoms with E-state index in [1.807, 2.05) is 32.9 Å². The molecule has 0 saturated carbocycles. The van der Waals surface area contributed by atoms with Crippen LogP contribution >= 0.6 is 11.6 Å². The second-order valence-corrected chi connectivity index (χ2v) is 4.49. The molecule has 0 radical (unpaired) electrons. The fraction of sp³-hybridized carbons (Fsp3) is 0.455. The van der Waals surface area contributed by atoms with E-state index < -0.39 is 0 Å². The molecule has 0 heterocycles. The van der Waals surface area contributed by atoms with E-state index in [1.165, 1.54) is 5.56 Å². The van der Waals surface area contributed by atoms with Gasteiger partial charge in [-0.3, -0.25) is 0 Å². The fourth-order valence-corrected chi connectivity index (χ4v) is 1.97. The van der Waals surface area contributed by atoms with Gasteiger partial charge in [0, 0.05) is 10.6 Å². The van der Waals surface area contributed by atoms with E-state index in [2.05, 4.69) is 6.92 Å². The molecular weight excluding hydrogens is 182 g/mol.